The van der Waals surface area contributed by atoms with Crippen molar-refractivity contribution >= 4 is 39.5 Å². The van der Waals surface area contributed by atoms with Gasteiger partial charge >= 0.3 is 39.5 Å². The maximum absolute atomic E-state index is 13.1. The minimum Gasteiger partial charge on any atom is -0.462 e. The Morgan fingerprint density at radius 1 is 0.347 bits per heavy atom. The third kappa shape index (κ3) is 68.5. The molecule has 0 heterocycles. The molecule has 0 bridgehead atoms. The van der Waals surface area contributed by atoms with Crippen LogP contribution in [0, 0.1) is 17.8 Å². The van der Waals surface area contributed by atoms with Crippen LogP contribution in [-0.2, 0) is 65.4 Å². The maximum atomic E-state index is 13.1. The van der Waals surface area contributed by atoms with E-state index in [0.29, 0.717) is 25.7 Å². The van der Waals surface area contributed by atoms with E-state index in [1.807, 2.05) is 0 Å². The lowest BCUT2D eigenvalue weighted by Gasteiger charge is -2.21. The summed E-state index contributed by atoms with van der Waals surface area (Å²) in [6, 6.07) is 0. The van der Waals surface area contributed by atoms with Crippen LogP contribution in [0.1, 0.15) is 363 Å². The van der Waals surface area contributed by atoms with Gasteiger partial charge in [0.25, 0.3) is 0 Å². The van der Waals surface area contributed by atoms with Crippen LogP contribution in [-0.4, -0.2) is 96.7 Å². The maximum Gasteiger partial charge on any atom is 0.472 e. The molecule has 3 unspecified atom stereocenters. The van der Waals surface area contributed by atoms with Crippen molar-refractivity contribution in [2.75, 3.05) is 39.6 Å². The number of ether oxygens (including phenoxy) is 4. The Hall–Kier alpha value is -2.46. The van der Waals surface area contributed by atoms with Crippen molar-refractivity contribution in [3.05, 3.63) is 24.3 Å². The van der Waals surface area contributed by atoms with E-state index in [1.54, 1.807) is 0 Å². The van der Waals surface area contributed by atoms with Gasteiger partial charge in [0.15, 0.2) is 12.2 Å². The van der Waals surface area contributed by atoms with Gasteiger partial charge in [-0.25, -0.2) is 9.13 Å². The van der Waals surface area contributed by atoms with Crippen molar-refractivity contribution in [2.24, 2.45) is 17.8 Å². The molecule has 0 radical (unpaired) electrons. The van der Waals surface area contributed by atoms with E-state index in [4.69, 9.17) is 37.0 Å². The largest absolute Gasteiger partial charge is 0.472 e. The summed E-state index contributed by atoms with van der Waals surface area (Å²) in [5.41, 5.74) is 0. The Bertz CT molecular complexity index is 1950. The first-order chi connectivity index (χ1) is 45.8. The zero-order valence-corrected chi connectivity index (χ0v) is 63.4. The van der Waals surface area contributed by atoms with Crippen LogP contribution < -0.4 is 0 Å². The van der Waals surface area contributed by atoms with Crippen LogP contribution in [0.4, 0.5) is 0 Å². The molecule has 0 aromatic carbocycles. The molecule has 0 aliphatic heterocycles. The number of unbranched alkanes of at least 4 members (excludes halogenated alkanes) is 36. The summed E-state index contributed by atoms with van der Waals surface area (Å²) in [7, 11) is -9.92. The lowest BCUT2D eigenvalue weighted by atomic mass is 10.00. The molecule has 0 aliphatic carbocycles. The van der Waals surface area contributed by atoms with Gasteiger partial charge in [0.05, 0.1) is 26.4 Å². The summed E-state index contributed by atoms with van der Waals surface area (Å²) in [4.78, 5) is 72.8. The van der Waals surface area contributed by atoms with Crippen LogP contribution in [0.25, 0.3) is 0 Å². The molecule has 19 heteroatoms. The molecule has 560 valence electrons. The quantitative estimate of drug-likeness (QED) is 0.0169. The van der Waals surface area contributed by atoms with E-state index in [1.165, 1.54) is 154 Å². The molecule has 6 atom stereocenters. The first-order valence-corrected chi connectivity index (χ1v) is 41.7. The first kappa shape index (κ1) is 92.5. The van der Waals surface area contributed by atoms with Crippen molar-refractivity contribution in [3.8, 4) is 0 Å². The number of carbonyl (C=O) groups is 4. The molecule has 0 fully saturated rings. The molecule has 0 aliphatic rings. The molecular formula is C76H144O17P2. The normalized spacial score (nSPS) is 14.5. The van der Waals surface area contributed by atoms with Crippen molar-refractivity contribution < 1.29 is 80.2 Å². The standard InChI is InChI=1S/C76H144O17P2/c1-8-10-11-12-13-14-15-16-18-23-26-31-36-45-52-59-75(80)92-71(63-86-73(78)57-50-43-35-30-25-22-20-17-19-21-24-28-33-40-47-54-67(3)4)65-90-94(82,83)88-61-70(77)62-89-95(84,85)91-66-72(64-87-74(79)58-51-44-39-38-42-49-56-69(7)9-2)93-76(81)60-53-46-37-32-27-29-34-41-48-55-68(5)6/h14-16,18,67-72,77H,8-13,17,19-66H2,1-7H3,(H,82,83)(H,84,85)/b15-14-,18-16-/t69?,70-,71-,72-/m1/s1. The highest BCUT2D eigenvalue weighted by atomic mass is 31.2. The number of phosphoric acid groups is 2. The van der Waals surface area contributed by atoms with E-state index >= 15 is 0 Å². The number of phosphoric ester groups is 2. The topological polar surface area (TPSA) is 237 Å². The molecule has 0 saturated carbocycles. The second-order valence-electron chi connectivity index (χ2n) is 27.9. The predicted molar refractivity (Wildman–Crippen MR) is 386 cm³/mol. The number of esters is 4. The lowest BCUT2D eigenvalue weighted by Crippen LogP contribution is -2.30. The molecular weight excluding hydrogens is 1250 g/mol. The zero-order chi connectivity index (χ0) is 70.1. The third-order valence-electron chi connectivity index (χ3n) is 17.4. The molecule has 0 spiro atoms. The van der Waals surface area contributed by atoms with Gasteiger partial charge in [-0.15, -0.1) is 0 Å². The zero-order valence-electron chi connectivity index (χ0n) is 61.6. The van der Waals surface area contributed by atoms with Gasteiger partial charge in [-0.05, 0) is 69.1 Å². The van der Waals surface area contributed by atoms with Crippen LogP contribution in [0.5, 0.6) is 0 Å². The molecule has 0 rings (SSSR count). The molecule has 0 aromatic rings. The predicted octanol–water partition coefficient (Wildman–Crippen LogP) is 21.7. The number of hydrogen-bond donors (Lipinski definition) is 3. The van der Waals surface area contributed by atoms with Crippen LogP contribution in [0.15, 0.2) is 24.3 Å². The summed E-state index contributed by atoms with van der Waals surface area (Å²) in [5.74, 6) is 0.118. The van der Waals surface area contributed by atoms with Gasteiger partial charge in [0.2, 0.25) is 0 Å². The Morgan fingerprint density at radius 2 is 0.621 bits per heavy atom. The van der Waals surface area contributed by atoms with E-state index in [2.05, 4.69) is 72.8 Å². The Labute approximate surface area is 580 Å². The summed E-state index contributed by atoms with van der Waals surface area (Å²) in [5, 5.41) is 10.6. The second kappa shape index (κ2) is 66.1. The minimum absolute atomic E-state index is 0.0849. The fraction of sp³-hybridized carbons (Fsp3) is 0.895. The number of carbonyl (C=O) groups excluding carboxylic acids is 4. The average Bonchev–Trinajstić information content (AvgIpc) is 1.76. The van der Waals surface area contributed by atoms with Crippen LogP contribution in [0.3, 0.4) is 0 Å². The van der Waals surface area contributed by atoms with E-state index < -0.39 is 97.5 Å². The molecule has 0 aromatic heterocycles. The third-order valence-corrected chi connectivity index (χ3v) is 19.3. The summed E-state index contributed by atoms with van der Waals surface area (Å²) < 4.78 is 68.4. The van der Waals surface area contributed by atoms with Crippen molar-refractivity contribution in [1.82, 2.24) is 0 Å². The lowest BCUT2D eigenvalue weighted by molar-refractivity contribution is -0.161. The number of allylic oxidation sites excluding steroid dienone is 4. The Morgan fingerprint density at radius 3 is 0.937 bits per heavy atom. The fourth-order valence-electron chi connectivity index (χ4n) is 11.0. The van der Waals surface area contributed by atoms with Crippen molar-refractivity contribution in [2.45, 2.75) is 381 Å². The SMILES string of the molecule is CCCCCC/C=C\C=C/CCCCCCCC(=O)O[C@H](COC(=O)CCCCCCCCCCCCCCCCCC(C)C)COP(=O)(O)OC[C@@H](O)COP(=O)(O)OC[C@@H](COC(=O)CCCCCCCCC(C)CC)OC(=O)CCCCCCCCCCCC(C)C. The average molecular weight is 1390 g/mol. The molecule has 3 N–H and O–H groups in total. The highest BCUT2D eigenvalue weighted by Crippen LogP contribution is 2.45. The van der Waals surface area contributed by atoms with Crippen LogP contribution in [0.2, 0.25) is 0 Å². The highest BCUT2D eigenvalue weighted by Gasteiger charge is 2.30. The van der Waals surface area contributed by atoms with Crippen molar-refractivity contribution in [1.29, 1.82) is 0 Å². The molecule has 0 saturated heterocycles. The van der Waals surface area contributed by atoms with Crippen molar-refractivity contribution in [3.63, 3.8) is 0 Å². The van der Waals surface area contributed by atoms with Gasteiger partial charge in [0, 0.05) is 25.7 Å². The van der Waals surface area contributed by atoms with Gasteiger partial charge in [-0.3, -0.25) is 37.3 Å². The number of aliphatic hydroxyl groups excluding tert-OH is 1. The minimum atomic E-state index is -4.97. The molecule has 95 heavy (non-hydrogen) atoms. The monoisotopic (exact) mass is 1390 g/mol. The smallest absolute Gasteiger partial charge is 0.462 e. The van der Waals surface area contributed by atoms with Crippen LogP contribution >= 0.6 is 15.6 Å². The number of aliphatic hydroxyl groups is 1. The number of hydrogen-bond acceptors (Lipinski definition) is 15. The fourth-order valence-corrected chi connectivity index (χ4v) is 12.6. The summed E-state index contributed by atoms with van der Waals surface area (Å²) in [6.45, 7) is 11.8. The molecule has 0 amide bonds. The van der Waals surface area contributed by atoms with E-state index in [-0.39, 0.29) is 25.7 Å². The Kier molecular flexibility index (Phi) is 64.4. The van der Waals surface area contributed by atoms with Gasteiger partial charge in [-0.1, -0.05) is 310 Å². The number of rotatable bonds is 72. The molecule has 17 nitrogen and oxygen atoms in total. The van der Waals surface area contributed by atoms with Gasteiger partial charge < -0.3 is 33.8 Å². The highest BCUT2D eigenvalue weighted by molar-refractivity contribution is 7.47. The second-order valence-corrected chi connectivity index (χ2v) is 30.8. The summed E-state index contributed by atoms with van der Waals surface area (Å²) >= 11 is 0. The van der Waals surface area contributed by atoms with Gasteiger partial charge in [0.1, 0.15) is 19.3 Å². The van der Waals surface area contributed by atoms with E-state index in [9.17, 15) is 43.2 Å². The Balaban J connectivity index is 5.27. The summed E-state index contributed by atoms with van der Waals surface area (Å²) in [6.07, 6.45) is 55.0. The van der Waals surface area contributed by atoms with Gasteiger partial charge in [-0.2, -0.15) is 0 Å². The first-order valence-electron chi connectivity index (χ1n) is 38.7. The van der Waals surface area contributed by atoms with E-state index in [0.717, 1.165) is 127 Å².